The van der Waals surface area contributed by atoms with E-state index in [-0.39, 0.29) is 11.9 Å². The van der Waals surface area contributed by atoms with Gasteiger partial charge in [0.1, 0.15) is 5.82 Å². The van der Waals surface area contributed by atoms with E-state index in [0.29, 0.717) is 17.6 Å². The second kappa shape index (κ2) is 6.30. The van der Waals surface area contributed by atoms with Crippen LogP contribution < -0.4 is 10.6 Å². The molecule has 20 heavy (non-hydrogen) atoms. The van der Waals surface area contributed by atoms with Gasteiger partial charge in [-0.05, 0) is 54.2 Å². The average molecular weight is 352 g/mol. The SMILES string of the molecule is NCCCC1CCCN1c1ncc(Br)cc1C(F)(F)F. The Morgan fingerprint density at radius 1 is 1.45 bits per heavy atom. The third kappa shape index (κ3) is 3.44. The van der Waals surface area contributed by atoms with E-state index in [1.165, 1.54) is 6.20 Å². The van der Waals surface area contributed by atoms with E-state index in [2.05, 4.69) is 20.9 Å². The minimum Gasteiger partial charge on any atom is -0.353 e. The smallest absolute Gasteiger partial charge is 0.353 e. The summed E-state index contributed by atoms with van der Waals surface area (Å²) >= 11 is 3.06. The zero-order valence-electron chi connectivity index (χ0n) is 11.0. The Kier molecular flexibility index (Phi) is 4.90. The minimum absolute atomic E-state index is 0.0419. The molecule has 1 aliphatic heterocycles. The lowest BCUT2D eigenvalue weighted by atomic mass is 10.1. The van der Waals surface area contributed by atoms with Gasteiger partial charge in [0, 0.05) is 23.3 Å². The summed E-state index contributed by atoms with van der Waals surface area (Å²) < 4.78 is 39.8. The molecule has 112 valence electrons. The third-order valence-corrected chi connectivity index (χ3v) is 3.96. The highest BCUT2D eigenvalue weighted by Crippen LogP contribution is 2.39. The van der Waals surface area contributed by atoms with Crippen molar-refractivity contribution in [1.82, 2.24) is 4.98 Å². The van der Waals surface area contributed by atoms with Gasteiger partial charge in [-0.1, -0.05) is 0 Å². The number of nitrogens with two attached hydrogens (primary N) is 1. The van der Waals surface area contributed by atoms with Gasteiger partial charge in [-0.3, -0.25) is 0 Å². The lowest BCUT2D eigenvalue weighted by Gasteiger charge is -2.28. The summed E-state index contributed by atoms with van der Waals surface area (Å²) in [4.78, 5) is 5.80. The molecule has 1 fully saturated rings. The van der Waals surface area contributed by atoms with E-state index < -0.39 is 11.7 Å². The number of aromatic nitrogens is 1. The van der Waals surface area contributed by atoms with Crippen LogP contribution in [0.25, 0.3) is 0 Å². The molecule has 1 unspecified atom stereocenters. The summed E-state index contributed by atoms with van der Waals surface area (Å²) in [7, 11) is 0. The third-order valence-electron chi connectivity index (χ3n) is 3.53. The summed E-state index contributed by atoms with van der Waals surface area (Å²) in [6, 6.07) is 1.20. The van der Waals surface area contributed by atoms with Gasteiger partial charge in [0.05, 0.1) is 5.56 Å². The van der Waals surface area contributed by atoms with Crippen LogP contribution in [0.15, 0.2) is 16.7 Å². The fraction of sp³-hybridized carbons (Fsp3) is 0.615. The van der Waals surface area contributed by atoms with Gasteiger partial charge in [0.15, 0.2) is 0 Å². The van der Waals surface area contributed by atoms with Gasteiger partial charge in [-0.15, -0.1) is 0 Å². The molecule has 0 spiro atoms. The number of hydrogen-bond donors (Lipinski definition) is 1. The van der Waals surface area contributed by atoms with Crippen LogP contribution in [0.1, 0.15) is 31.2 Å². The molecule has 1 aromatic rings. The maximum Gasteiger partial charge on any atom is 0.419 e. The Labute approximate surface area is 124 Å². The Morgan fingerprint density at radius 2 is 2.20 bits per heavy atom. The van der Waals surface area contributed by atoms with Crippen LogP contribution in [-0.2, 0) is 6.18 Å². The molecule has 2 rings (SSSR count). The van der Waals surface area contributed by atoms with Crippen LogP contribution >= 0.6 is 15.9 Å². The zero-order chi connectivity index (χ0) is 14.8. The Balaban J connectivity index is 2.31. The maximum atomic E-state index is 13.2. The predicted molar refractivity (Wildman–Crippen MR) is 75.6 cm³/mol. The summed E-state index contributed by atoms with van der Waals surface area (Å²) in [5.41, 5.74) is 4.81. The molecular weight excluding hydrogens is 335 g/mol. The Morgan fingerprint density at radius 3 is 2.85 bits per heavy atom. The molecule has 1 aliphatic rings. The molecule has 2 heterocycles. The van der Waals surface area contributed by atoms with Crippen molar-refractivity contribution >= 4 is 21.7 Å². The van der Waals surface area contributed by atoms with Crippen LogP contribution in [0.3, 0.4) is 0 Å². The Bertz CT molecular complexity index is 465. The van der Waals surface area contributed by atoms with Crippen LogP contribution in [0.5, 0.6) is 0 Å². The number of hydrogen-bond acceptors (Lipinski definition) is 3. The molecule has 0 radical (unpaired) electrons. The summed E-state index contributed by atoms with van der Waals surface area (Å²) in [6.45, 7) is 1.18. The van der Waals surface area contributed by atoms with Crippen molar-refractivity contribution in [2.24, 2.45) is 5.73 Å². The van der Waals surface area contributed by atoms with Crippen LogP contribution in [-0.4, -0.2) is 24.1 Å². The van der Waals surface area contributed by atoms with Crippen molar-refractivity contribution in [1.29, 1.82) is 0 Å². The summed E-state index contributed by atoms with van der Waals surface area (Å²) in [5.74, 6) is 0.0419. The standard InChI is InChI=1S/C13H17BrF3N3/c14-9-7-11(13(15,16)17)12(19-8-9)20-6-2-4-10(20)3-1-5-18/h7-8,10H,1-6,18H2. The minimum atomic E-state index is -4.40. The van der Waals surface area contributed by atoms with Crippen LogP contribution in [0.2, 0.25) is 0 Å². The number of pyridine rings is 1. The highest BCUT2D eigenvalue weighted by molar-refractivity contribution is 9.10. The van der Waals surface area contributed by atoms with Gasteiger partial charge in [0.2, 0.25) is 0 Å². The van der Waals surface area contributed by atoms with Crippen molar-refractivity contribution in [3.8, 4) is 0 Å². The topological polar surface area (TPSA) is 42.1 Å². The molecule has 0 aromatic carbocycles. The molecule has 3 nitrogen and oxygen atoms in total. The monoisotopic (exact) mass is 351 g/mol. The van der Waals surface area contributed by atoms with Gasteiger partial charge in [-0.25, -0.2) is 4.98 Å². The molecule has 1 saturated heterocycles. The fourth-order valence-corrected chi connectivity index (χ4v) is 2.97. The molecular formula is C13H17BrF3N3. The van der Waals surface area contributed by atoms with Crippen molar-refractivity contribution in [3.05, 3.63) is 22.3 Å². The van der Waals surface area contributed by atoms with E-state index in [0.717, 1.165) is 31.7 Å². The van der Waals surface area contributed by atoms with Gasteiger partial charge in [-0.2, -0.15) is 13.2 Å². The predicted octanol–water partition coefficient (Wildman–Crippen LogP) is 3.57. The number of alkyl halides is 3. The summed E-state index contributed by atoms with van der Waals surface area (Å²) in [6.07, 6.45) is 0.444. The van der Waals surface area contributed by atoms with Crippen molar-refractivity contribution < 1.29 is 13.2 Å². The highest BCUT2D eigenvalue weighted by atomic mass is 79.9. The second-order valence-electron chi connectivity index (χ2n) is 4.94. The number of nitrogens with zero attached hydrogens (tertiary/aromatic N) is 2. The van der Waals surface area contributed by atoms with E-state index in [4.69, 9.17) is 5.73 Å². The van der Waals surface area contributed by atoms with E-state index in [9.17, 15) is 13.2 Å². The lowest BCUT2D eigenvalue weighted by Crippen LogP contribution is -2.32. The van der Waals surface area contributed by atoms with Gasteiger partial charge < -0.3 is 10.6 Å². The molecule has 2 N–H and O–H groups in total. The first kappa shape index (κ1) is 15.6. The molecule has 1 atom stereocenters. The quantitative estimate of drug-likeness (QED) is 0.901. The number of anilines is 1. The average Bonchev–Trinajstić information content (AvgIpc) is 2.83. The molecule has 0 saturated carbocycles. The van der Waals surface area contributed by atoms with Gasteiger partial charge >= 0.3 is 6.18 Å². The molecule has 7 heteroatoms. The van der Waals surface area contributed by atoms with Crippen molar-refractivity contribution in [2.75, 3.05) is 18.0 Å². The van der Waals surface area contributed by atoms with E-state index >= 15 is 0 Å². The largest absolute Gasteiger partial charge is 0.419 e. The highest BCUT2D eigenvalue weighted by Gasteiger charge is 2.38. The first-order valence-corrected chi connectivity index (χ1v) is 7.42. The summed E-state index contributed by atoms with van der Waals surface area (Å²) in [5, 5.41) is 0. The molecule has 0 aliphatic carbocycles. The number of rotatable bonds is 4. The molecule has 0 bridgehead atoms. The second-order valence-corrected chi connectivity index (χ2v) is 5.86. The lowest BCUT2D eigenvalue weighted by molar-refractivity contribution is -0.137. The fourth-order valence-electron chi connectivity index (χ4n) is 2.64. The molecule has 1 aromatic heterocycles. The van der Waals surface area contributed by atoms with Crippen molar-refractivity contribution in [3.63, 3.8) is 0 Å². The van der Waals surface area contributed by atoms with Crippen LogP contribution in [0, 0.1) is 0 Å². The number of halogens is 4. The zero-order valence-corrected chi connectivity index (χ0v) is 12.5. The van der Waals surface area contributed by atoms with Crippen molar-refractivity contribution in [2.45, 2.75) is 37.9 Å². The van der Waals surface area contributed by atoms with Gasteiger partial charge in [0.25, 0.3) is 0 Å². The maximum absolute atomic E-state index is 13.2. The first-order chi connectivity index (χ1) is 9.43. The van der Waals surface area contributed by atoms with Crippen LogP contribution in [0.4, 0.5) is 19.0 Å². The molecule has 0 amide bonds. The van der Waals surface area contributed by atoms with E-state index in [1.54, 1.807) is 4.90 Å². The van der Waals surface area contributed by atoms with E-state index in [1.807, 2.05) is 0 Å². The first-order valence-electron chi connectivity index (χ1n) is 6.63. The normalized spacial score (nSPS) is 19.6. The Hall–Kier alpha value is -0.820.